The van der Waals surface area contributed by atoms with Crippen molar-refractivity contribution in [1.82, 2.24) is 4.90 Å². The third-order valence-electron chi connectivity index (χ3n) is 6.47. The second kappa shape index (κ2) is 11.8. The van der Waals surface area contributed by atoms with Crippen LogP contribution in [0.3, 0.4) is 0 Å². The van der Waals surface area contributed by atoms with E-state index in [1.54, 1.807) is 24.0 Å². The Morgan fingerprint density at radius 3 is 2.23 bits per heavy atom. The molecule has 1 fully saturated rings. The number of ether oxygens (including phenoxy) is 1. The number of carbonyl (C=O) groups excluding carboxylic acids is 1. The number of hydrogen-bond donors (Lipinski definition) is 0. The second-order valence-electron chi connectivity index (χ2n) is 9.21. The van der Waals surface area contributed by atoms with Gasteiger partial charge in [-0.1, -0.05) is 35.3 Å². The minimum atomic E-state index is -4.47. The molecule has 40 heavy (non-hydrogen) atoms. The number of alkyl halides is 3. The largest absolute Gasteiger partial charge is 0.495 e. The first kappa shape index (κ1) is 29.8. The zero-order chi connectivity index (χ0) is 29.2. The summed E-state index contributed by atoms with van der Waals surface area (Å²) in [6.45, 7) is 2.09. The van der Waals surface area contributed by atoms with Gasteiger partial charge in [-0.2, -0.15) is 13.2 Å². The lowest BCUT2D eigenvalue weighted by Gasteiger charge is -2.37. The van der Waals surface area contributed by atoms with E-state index in [0.29, 0.717) is 11.3 Å². The first-order chi connectivity index (χ1) is 18.8. The third-order valence-corrected chi connectivity index (χ3v) is 8.70. The fourth-order valence-electron chi connectivity index (χ4n) is 4.42. The smallest absolute Gasteiger partial charge is 0.416 e. The molecule has 0 bridgehead atoms. The highest BCUT2D eigenvalue weighted by atomic mass is 35.5. The number of methoxy groups -OCH3 is 1. The first-order valence-electron chi connectivity index (χ1n) is 12.1. The maximum atomic E-state index is 13.9. The Bertz CT molecular complexity index is 1490. The molecule has 0 atom stereocenters. The maximum absolute atomic E-state index is 13.9. The van der Waals surface area contributed by atoms with Crippen molar-refractivity contribution in [3.05, 3.63) is 81.8 Å². The van der Waals surface area contributed by atoms with Gasteiger partial charge in [0.1, 0.15) is 17.2 Å². The standard InChI is InChI=1S/C27H26Cl2F3N3O4S/c1-18-6-7-24(39-2)25(12-18)40(37,38)35(23-15-20(28)14-21(29)16-23)17-26(36)34-10-8-33(9-11-34)22-5-3-4-19(13-22)27(30,31)32/h3-7,12-16H,8-11,17H2,1-2H3. The SMILES string of the molecule is COc1ccc(C)cc1S(=O)(=O)N(CC(=O)N1CCN(c2cccc(C(F)(F)F)c2)CC1)c1cc(Cl)cc(Cl)c1. The summed E-state index contributed by atoms with van der Waals surface area (Å²) in [7, 11) is -2.99. The molecule has 0 aromatic heterocycles. The number of amides is 1. The molecule has 1 aliphatic heterocycles. The number of nitrogens with zero attached hydrogens (tertiary/aromatic N) is 3. The first-order valence-corrected chi connectivity index (χ1v) is 14.3. The number of sulfonamides is 1. The maximum Gasteiger partial charge on any atom is 0.416 e. The third kappa shape index (κ3) is 6.59. The van der Waals surface area contributed by atoms with E-state index in [2.05, 4.69) is 0 Å². The predicted molar refractivity (Wildman–Crippen MR) is 149 cm³/mol. The lowest BCUT2D eigenvalue weighted by Crippen LogP contribution is -2.52. The summed E-state index contributed by atoms with van der Waals surface area (Å²) in [5, 5.41) is 0.363. The van der Waals surface area contributed by atoms with Crippen LogP contribution in [0.2, 0.25) is 10.0 Å². The van der Waals surface area contributed by atoms with Crippen LogP contribution in [0.25, 0.3) is 0 Å². The zero-order valence-electron chi connectivity index (χ0n) is 21.6. The molecule has 214 valence electrons. The van der Waals surface area contributed by atoms with Crippen molar-refractivity contribution >= 4 is 50.5 Å². The van der Waals surface area contributed by atoms with Crippen molar-refractivity contribution in [2.24, 2.45) is 0 Å². The summed E-state index contributed by atoms with van der Waals surface area (Å²) < 4.78 is 73.6. The van der Waals surface area contributed by atoms with Gasteiger partial charge in [0.2, 0.25) is 5.91 Å². The highest BCUT2D eigenvalue weighted by Gasteiger charge is 2.34. The van der Waals surface area contributed by atoms with Gasteiger partial charge in [0.25, 0.3) is 10.0 Å². The summed E-state index contributed by atoms with van der Waals surface area (Å²) in [6.07, 6.45) is -4.47. The van der Waals surface area contributed by atoms with Crippen molar-refractivity contribution in [2.45, 2.75) is 18.0 Å². The molecule has 0 aliphatic carbocycles. The Morgan fingerprint density at radius 2 is 1.62 bits per heavy atom. The van der Waals surface area contributed by atoms with E-state index in [1.165, 1.54) is 48.4 Å². The molecular formula is C27H26Cl2F3N3O4S. The molecule has 0 N–H and O–H groups in total. The molecule has 1 amide bonds. The fourth-order valence-corrected chi connectivity index (χ4v) is 6.57. The molecule has 0 unspecified atom stereocenters. The molecule has 1 aliphatic rings. The summed E-state index contributed by atoms with van der Waals surface area (Å²) in [5.74, 6) is -0.388. The van der Waals surface area contributed by atoms with Crippen LogP contribution >= 0.6 is 23.2 Å². The van der Waals surface area contributed by atoms with Crippen molar-refractivity contribution in [3.63, 3.8) is 0 Å². The Labute approximate surface area is 240 Å². The number of halogens is 5. The molecule has 3 aromatic rings. The molecule has 1 saturated heterocycles. The van der Waals surface area contributed by atoms with E-state index in [1.807, 2.05) is 0 Å². The topological polar surface area (TPSA) is 70.2 Å². The molecule has 0 spiro atoms. The van der Waals surface area contributed by atoms with Gasteiger partial charge in [-0.15, -0.1) is 0 Å². The molecule has 13 heteroatoms. The molecular weight excluding hydrogens is 590 g/mol. The Hall–Kier alpha value is -3.15. The van der Waals surface area contributed by atoms with E-state index in [0.717, 1.165) is 16.4 Å². The zero-order valence-corrected chi connectivity index (χ0v) is 23.9. The Morgan fingerprint density at radius 1 is 0.975 bits per heavy atom. The fraction of sp³-hybridized carbons (Fsp3) is 0.296. The van der Waals surface area contributed by atoms with Crippen LogP contribution in [-0.2, 0) is 21.0 Å². The lowest BCUT2D eigenvalue weighted by molar-refractivity contribution is -0.137. The van der Waals surface area contributed by atoms with Crippen LogP contribution in [-0.4, -0.2) is 59.1 Å². The average Bonchev–Trinajstić information content (AvgIpc) is 2.90. The number of aryl methyl sites for hydroxylation is 1. The van der Waals surface area contributed by atoms with Gasteiger partial charge in [0, 0.05) is 41.9 Å². The van der Waals surface area contributed by atoms with E-state index < -0.39 is 34.2 Å². The van der Waals surface area contributed by atoms with Crippen molar-refractivity contribution < 1.29 is 31.1 Å². The quantitative estimate of drug-likeness (QED) is 0.332. The van der Waals surface area contributed by atoms with Gasteiger partial charge in [-0.3, -0.25) is 9.10 Å². The molecule has 3 aromatic carbocycles. The molecule has 0 saturated carbocycles. The van der Waals surface area contributed by atoms with E-state index >= 15 is 0 Å². The van der Waals surface area contributed by atoms with Gasteiger partial charge in [0.15, 0.2) is 0 Å². The Balaban J connectivity index is 1.59. The second-order valence-corrected chi connectivity index (χ2v) is 11.9. The summed E-state index contributed by atoms with van der Waals surface area (Å²) in [5.41, 5.74) is 0.403. The molecule has 1 heterocycles. The number of piperazine rings is 1. The van der Waals surface area contributed by atoms with E-state index in [4.69, 9.17) is 27.9 Å². The molecule has 0 radical (unpaired) electrons. The average molecular weight is 616 g/mol. The minimum Gasteiger partial charge on any atom is -0.495 e. The van der Waals surface area contributed by atoms with Crippen molar-refractivity contribution in [2.75, 3.05) is 49.0 Å². The van der Waals surface area contributed by atoms with Crippen LogP contribution in [0.1, 0.15) is 11.1 Å². The van der Waals surface area contributed by atoms with E-state index in [-0.39, 0.29) is 52.6 Å². The highest BCUT2D eigenvalue weighted by Crippen LogP contribution is 2.34. The van der Waals surface area contributed by atoms with Crippen LogP contribution in [0, 0.1) is 6.92 Å². The number of anilines is 2. The Kier molecular flexibility index (Phi) is 8.77. The molecule has 7 nitrogen and oxygen atoms in total. The molecule has 4 rings (SSSR count). The van der Waals surface area contributed by atoms with Gasteiger partial charge in [-0.25, -0.2) is 8.42 Å². The number of hydrogen-bond acceptors (Lipinski definition) is 5. The number of benzene rings is 3. The summed E-state index contributed by atoms with van der Waals surface area (Å²) in [4.78, 5) is 16.5. The summed E-state index contributed by atoms with van der Waals surface area (Å²) >= 11 is 12.3. The number of carbonyl (C=O) groups is 1. The van der Waals surface area contributed by atoms with Crippen molar-refractivity contribution in [3.8, 4) is 5.75 Å². The van der Waals surface area contributed by atoms with E-state index in [9.17, 15) is 26.4 Å². The predicted octanol–water partition coefficient (Wildman–Crippen LogP) is 5.87. The normalized spacial score (nSPS) is 14.3. The van der Waals surface area contributed by atoms with Gasteiger partial charge >= 0.3 is 6.18 Å². The van der Waals surface area contributed by atoms with Crippen molar-refractivity contribution in [1.29, 1.82) is 0 Å². The highest BCUT2D eigenvalue weighted by molar-refractivity contribution is 7.93. The van der Waals surface area contributed by atoms with Crippen LogP contribution in [0.15, 0.2) is 65.6 Å². The van der Waals surface area contributed by atoms with Gasteiger partial charge < -0.3 is 14.5 Å². The van der Waals surface area contributed by atoms with Gasteiger partial charge in [-0.05, 0) is 61.0 Å². The van der Waals surface area contributed by atoms with Crippen LogP contribution in [0.5, 0.6) is 5.75 Å². The minimum absolute atomic E-state index is 0.0945. The number of rotatable bonds is 7. The monoisotopic (exact) mass is 615 g/mol. The van der Waals surface area contributed by atoms with Crippen LogP contribution in [0.4, 0.5) is 24.5 Å². The summed E-state index contributed by atoms with van der Waals surface area (Å²) in [6, 6.07) is 13.9. The van der Waals surface area contributed by atoms with Gasteiger partial charge in [0.05, 0.1) is 18.4 Å². The van der Waals surface area contributed by atoms with Crippen LogP contribution < -0.4 is 13.9 Å². The lowest BCUT2D eigenvalue weighted by atomic mass is 10.1.